The molecule has 1 aliphatic rings. The summed E-state index contributed by atoms with van der Waals surface area (Å²) in [7, 11) is 1.99. The molecule has 1 saturated carbocycles. The molecule has 0 radical (unpaired) electrons. The number of hydrogen-bond acceptors (Lipinski definition) is 4. The fraction of sp³-hybridized carbons (Fsp3) is 0.842. The van der Waals surface area contributed by atoms with Crippen LogP contribution in [0.1, 0.15) is 57.1 Å². The first kappa shape index (κ1) is 24.5. The van der Waals surface area contributed by atoms with Crippen molar-refractivity contribution in [1.82, 2.24) is 25.4 Å². The summed E-state index contributed by atoms with van der Waals surface area (Å²) in [6.07, 6.45) is 10.1. The molecular formula is C19H37IN6S. The topological polar surface area (TPSA) is 67.1 Å². The maximum Gasteiger partial charge on any atom is 0.191 e. The van der Waals surface area contributed by atoms with Crippen LogP contribution in [-0.2, 0) is 13.6 Å². The molecule has 0 aromatic carbocycles. The zero-order valence-electron chi connectivity index (χ0n) is 17.3. The van der Waals surface area contributed by atoms with Gasteiger partial charge in [0.05, 0.1) is 0 Å². The van der Waals surface area contributed by atoms with Crippen LogP contribution in [0.3, 0.4) is 0 Å². The number of hydrogen-bond donors (Lipinski definition) is 2. The molecule has 1 aromatic rings. The van der Waals surface area contributed by atoms with E-state index in [-0.39, 0.29) is 24.0 Å². The molecule has 2 rings (SSSR count). The summed E-state index contributed by atoms with van der Waals surface area (Å²) in [5.41, 5.74) is 0. The molecule has 2 N–H and O–H groups in total. The first-order valence-electron chi connectivity index (χ1n) is 9.96. The lowest BCUT2D eigenvalue weighted by atomic mass is 9.81. The molecule has 0 aliphatic heterocycles. The number of aryl methyl sites for hydroxylation is 1. The lowest BCUT2D eigenvalue weighted by Gasteiger charge is -2.26. The van der Waals surface area contributed by atoms with Crippen LogP contribution in [0.2, 0.25) is 0 Å². The van der Waals surface area contributed by atoms with E-state index in [2.05, 4.69) is 34.0 Å². The van der Waals surface area contributed by atoms with E-state index in [9.17, 15) is 0 Å². The minimum atomic E-state index is 0. The van der Waals surface area contributed by atoms with Crippen molar-refractivity contribution in [3.05, 3.63) is 11.6 Å². The van der Waals surface area contributed by atoms with Crippen molar-refractivity contribution in [3.63, 3.8) is 0 Å². The van der Waals surface area contributed by atoms with Crippen LogP contribution < -0.4 is 10.6 Å². The second kappa shape index (κ2) is 13.6. The monoisotopic (exact) mass is 508 g/mol. The molecule has 2 atom stereocenters. The Balaban J connectivity index is 0.00000364. The molecule has 8 heteroatoms. The third-order valence-corrected chi connectivity index (χ3v) is 5.97. The van der Waals surface area contributed by atoms with Crippen molar-refractivity contribution in [1.29, 1.82) is 0 Å². The Bertz CT molecular complexity index is 562. The highest BCUT2D eigenvalue weighted by atomic mass is 127. The maximum atomic E-state index is 4.73. The van der Waals surface area contributed by atoms with Crippen LogP contribution in [0.25, 0.3) is 0 Å². The molecule has 2 unspecified atom stereocenters. The van der Waals surface area contributed by atoms with Crippen molar-refractivity contribution in [2.75, 3.05) is 25.1 Å². The van der Waals surface area contributed by atoms with Gasteiger partial charge < -0.3 is 15.2 Å². The van der Waals surface area contributed by atoms with Gasteiger partial charge in [-0.25, -0.2) is 4.99 Å². The molecule has 6 nitrogen and oxygen atoms in total. The molecular weight excluding hydrogens is 471 g/mol. The largest absolute Gasteiger partial charge is 0.356 e. The number of nitrogens with one attached hydrogen (secondary N) is 2. The fourth-order valence-electron chi connectivity index (χ4n) is 3.55. The summed E-state index contributed by atoms with van der Waals surface area (Å²) in [6.45, 7) is 6.85. The lowest BCUT2D eigenvalue weighted by molar-refractivity contribution is 0.270. The summed E-state index contributed by atoms with van der Waals surface area (Å²) >= 11 is 1.88. The van der Waals surface area contributed by atoms with Gasteiger partial charge in [0.25, 0.3) is 0 Å². The van der Waals surface area contributed by atoms with Crippen LogP contribution >= 0.6 is 35.7 Å². The van der Waals surface area contributed by atoms with Crippen LogP contribution in [-0.4, -0.2) is 45.8 Å². The molecule has 1 aromatic heterocycles. The molecule has 0 amide bonds. The van der Waals surface area contributed by atoms with Gasteiger partial charge >= 0.3 is 0 Å². The van der Waals surface area contributed by atoms with Gasteiger partial charge in [0.2, 0.25) is 0 Å². The zero-order valence-corrected chi connectivity index (χ0v) is 20.5. The number of aromatic nitrogens is 3. The van der Waals surface area contributed by atoms with Gasteiger partial charge in [-0.1, -0.05) is 26.2 Å². The highest BCUT2D eigenvalue weighted by molar-refractivity contribution is 14.0. The van der Waals surface area contributed by atoms with Crippen molar-refractivity contribution in [2.24, 2.45) is 23.9 Å². The Hall–Kier alpha value is -0.510. The van der Waals surface area contributed by atoms with Gasteiger partial charge in [0.1, 0.15) is 12.4 Å². The zero-order chi connectivity index (χ0) is 18.8. The van der Waals surface area contributed by atoms with E-state index in [1.54, 1.807) is 0 Å². The minimum absolute atomic E-state index is 0. The van der Waals surface area contributed by atoms with Crippen LogP contribution in [0.15, 0.2) is 4.99 Å². The van der Waals surface area contributed by atoms with Crippen LogP contribution in [0, 0.1) is 18.8 Å². The Morgan fingerprint density at radius 2 is 2.04 bits per heavy atom. The molecule has 1 aliphatic carbocycles. The van der Waals surface area contributed by atoms with Gasteiger partial charge in [-0.2, -0.15) is 11.8 Å². The molecule has 1 fully saturated rings. The molecule has 0 spiro atoms. The lowest BCUT2D eigenvalue weighted by Crippen LogP contribution is -2.39. The molecule has 27 heavy (non-hydrogen) atoms. The van der Waals surface area contributed by atoms with Gasteiger partial charge in [-0.05, 0) is 50.0 Å². The predicted octanol–water partition coefficient (Wildman–Crippen LogP) is 3.75. The fourth-order valence-corrected chi connectivity index (χ4v) is 3.99. The first-order valence-corrected chi connectivity index (χ1v) is 11.4. The predicted molar refractivity (Wildman–Crippen MR) is 127 cm³/mol. The summed E-state index contributed by atoms with van der Waals surface area (Å²) in [4.78, 5) is 4.73. The second-order valence-corrected chi connectivity index (χ2v) is 8.50. The number of thioether (sulfide) groups is 1. The van der Waals surface area contributed by atoms with E-state index < -0.39 is 0 Å². The summed E-state index contributed by atoms with van der Waals surface area (Å²) in [5, 5.41) is 15.3. The Kier molecular flexibility index (Phi) is 12.4. The third-order valence-electron chi connectivity index (χ3n) is 5.27. The van der Waals surface area contributed by atoms with E-state index in [0.717, 1.165) is 49.0 Å². The van der Waals surface area contributed by atoms with E-state index >= 15 is 0 Å². The number of rotatable bonds is 9. The van der Waals surface area contributed by atoms with E-state index in [1.165, 1.54) is 37.9 Å². The molecule has 1 heterocycles. The molecule has 0 bridgehead atoms. The van der Waals surface area contributed by atoms with Crippen molar-refractivity contribution in [2.45, 2.75) is 58.9 Å². The quantitative estimate of drug-likeness (QED) is 0.230. The Labute approximate surface area is 186 Å². The first-order chi connectivity index (χ1) is 12.6. The van der Waals surface area contributed by atoms with E-state index in [4.69, 9.17) is 4.99 Å². The number of aliphatic imine (C=N–C) groups is 1. The highest BCUT2D eigenvalue weighted by Gasteiger charge is 2.18. The highest BCUT2D eigenvalue weighted by Crippen LogP contribution is 2.30. The second-order valence-electron chi connectivity index (χ2n) is 7.51. The van der Waals surface area contributed by atoms with Gasteiger partial charge in [0.15, 0.2) is 11.8 Å². The van der Waals surface area contributed by atoms with Crippen molar-refractivity contribution < 1.29 is 0 Å². The SMILES string of the molecule is CSCCCNC(=NCc1nnc(C)n1C)NCCC1CCCC(C)C1.I. The normalized spacial score (nSPS) is 20.2. The minimum Gasteiger partial charge on any atom is -0.356 e. The van der Waals surface area contributed by atoms with Crippen LogP contribution in [0.5, 0.6) is 0 Å². The molecule has 0 saturated heterocycles. The van der Waals surface area contributed by atoms with Gasteiger partial charge in [-0.3, -0.25) is 0 Å². The number of nitrogens with zero attached hydrogens (tertiary/aromatic N) is 4. The molecule has 156 valence electrons. The van der Waals surface area contributed by atoms with Gasteiger partial charge in [-0.15, -0.1) is 34.2 Å². The average molecular weight is 509 g/mol. The van der Waals surface area contributed by atoms with E-state index in [0.29, 0.717) is 6.54 Å². The van der Waals surface area contributed by atoms with Crippen molar-refractivity contribution in [3.8, 4) is 0 Å². The standard InChI is InChI=1S/C19H36N6S.HI/c1-15-7-5-8-17(13-15)9-11-21-19(20-10-6-12-26-4)22-14-18-24-23-16(2)25(18)3;/h15,17H,5-14H2,1-4H3,(H2,20,21,22);1H. The smallest absolute Gasteiger partial charge is 0.191 e. The van der Waals surface area contributed by atoms with Gasteiger partial charge in [0, 0.05) is 20.1 Å². The summed E-state index contributed by atoms with van der Waals surface area (Å²) in [5.74, 6) is 5.65. The average Bonchev–Trinajstić information content (AvgIpc) is 2.94. The Morgan fingerprint density at radius 3 is 2.70 bits per heavy atom. The van der Waals surface area contributed by atoms with E-state index in [1.807, 2.05) is 30.3 Å². The van der Waals surface area contributed by atoms with Crippen molar-refractivity contribution >= 4 is 41.7 Å². The third kappa shape index (κ3) is 9.02. The summed E-state index contributed by atoms with van der Waals surface area (Å²) in [6, 6.07) is 0. The summed E-state index contributed by atoms with van der Waals surface area (Å²) < 4.78 is 2.00. The number of halogens is 1. The Morgan fingerprint density at radius 1 is 1.26 bits per heavy atom. The number of guanidine groups is 1. The van der Waals surface area contributed by atoms with Crippen LogP contribution in [0.4, 0.5) is 0 Å². The maximum absolute atomic E-state index is 4.73.